The van der Waals surface area contributed by atoms with Crippen molar-refractivity contribution < 1.29 is 9.21 Å². The number of nitrogens with two attached hydrogens (primary N) is 1. The van der Waals surface area contributed by atoms with Crippen LogP contribution in [0.5, 0.6) is 0 Å². The van der Waals surface area contributed by atoms with Crippen LogP contribution in [0.25, 0.3) is 11.1 Å². The molecule has 6 nitrogen and oxygen atoms in total. The van der Waals surface area contributed by atoms with Crippen molar-refractivity contribution in [2.75, 3.05) is 17.2 Å². The van der Waals surface area contributed by atoms with Gasteiger partial charge in [-0.25, -0.2) is 4.79 Å². The SMILES string of the molecule is Cl.Nc1cccc2c1CCCN2C(=O)CCn1c(=O)oc2ccccc21. The molecular weight excluding hydrogens is 354 g/mol. The number of aryl methyl sites for hydroxylation is 1. The van der Waals surface area contributed by atoms with E-state index in [2.05, 4.69) is 0 Å². The Morgan fingerprint density at radius 3 is 2.81 bits per heavy atom. The minimum absolute atomic E-state index is 0. The summed E-state index contributed by atoms with van der Waals surface area (Å²) in [6, 6.07) is 12.9. The normalized spacial score (nSPS) is 13.3. The van der Waals surface area contributed by atoms with E-state index in [1.54, 1.807) is 11.0 Å². The molecule has 2 N–H and O–H groups in total. The van der Waals surface area contributed by atoms with Crippen LogP contribution in [0.4, 0.5) is 11.4 Å². The number of amides is 1. The molecule has 0 saturated carbocycles. The second-order valence-electron chi connectivity index (χ2n) is 6.23. The van der Waals surface area contributed by atoms with Gasteiger partial charge in [-0.15, -0.1) is 12.4 Å². The van der Waals surface area contributed by atoms with E-state index in [0.717, 1.165) is 29.8 Å². The number of nitrogens with zero attached hydrogens (tertiary/aromatic N) is 2. The maximum Gasteiger partial charge on any atom is 0.419 e. The summed E-state index contributed by atoms with van der Waals surface area (Å²) in [6.45, 7) is 0.971. The zero-order valence-corrected chi connectivity index (χ0v) is 15.0. The first kappa shape index (κ1) is 18.1. The third-order valence-corrected chi connectivity index (χ3v) is 4.71. The van der Waals surface area contributed by atoms with Gasteiger partial charge in [0.1, 0.15) is 0 Å². The lowest BCUT2D eigenvalue weighted by molar-refractivity contribution is -0.118. The summed E-state index contributed by atoms with van der Waals surface area (Å²) in [5.41, 5.74) is 9.94. The molecule has 0 radical (unpaired) electrons. The maximum absolute atomic E-state index is 12.8. The number of rotatable bonds is 3. The Morgan fingerprint density at radius 2 is 1.96 bits per heavy atom. The molecule has 0 bridgehead atoms. The molecule has 1 aliphatic rings. The molecule has 2 heterocycles. The lowest BCUT2D eigenvalue weighted by Crippen LogP contribution is -2.36. The van der Waals surface area contributed by atoms with E-state index in [-0.39, 0.29) is 24.7 Å². The van der Waals surface area contributed by atoms with E-state index in [0.29, 0.717) is 24.2 Å². The van der Waals surface area contributed by atoms with Gasteiger partial charge in [0.05, 0.1) is 5.52 Å². The van der Waals surface area contributed by atoms with Gasteiger partial charge < -0.3 is 15.1 Å². The van der Waals surface area contributed by atoms with E-state index in [9.17, 15) is 9.59 Å². The van der Waals surface area contributed by atoms with Gasteiger partial charge in [0.15, 0.2) is 5.58 Å². The van der Waals surface area contributed by atoms with Crippen molar-refractivity contribution in [3.8, 4) is 0 Å². The molecule has 0 unspecified atom stereocenters. The van der Waals surface area contributed by atoms with E-state index < -0.39 is 5.76 Å². The number of carbonyl (C=O) groups excluding carboxylic acids is 1. The lowest BCUT2D eigenvalue weighted by Gasteiger charge is -2.30. The fourth-order valence-corrected chi connectivity index (χ4v) is 3.48. The standard InChI is InChI=1S/C19H19N3O3.ClH/c20-14-6-3-8-15-13(14)5-4-11-21(15)18(23)10-12-22-16-7-1-2-9-17(16)25-19(22)24;/h1-3,6-9H,4-5,10-12,20H2;1H. The molecule has 2 aromatic carbocycles. The van der Waals surface area contributed by atoms with Crippen LogP contribution in [0.1, 0.15) is 18.4 Å². The topological polar surface area (TPSA) is 81.5 Å². The van der Waals surface area contributed by atoms with Gasteiger partial charge in [0.25, 0.3) is 0 Å². The molecular formula is C19H20ClN3O3. The van der Waals surface area contributed by atoms with E-state index in [1.807, 2.05) is 36.4 Å². The van der Waals surface area contributed by atoms with E-state index in [4.69, 9.17) is 10.2 Å². The van der Waals surface area contributed by atoms with Crippen LogP contribution >= 0.6 is 12.4 Å². The van der Waals surface area contributed by atoms with Crippen molar-refractivity contribution in [1.29, 1.82) is 0 Å². The molecule has 0 saturated heterocycles. The second kappa shape index (κ2) is 7.25. The quantitative estimate of drug-likeness (QED) is 0.715. The number of para-hydroxylation sites is 2. The molecule has 3 aromatic rings. The summed E-state index contributed by atoms with van der Waals surface area (Å²) in [4.78, 5) is 26.6. The highest BCUT2D eigenvalue weighted by Gasteiger charge is 2.23. The number of anilines is 2. The van der Waals surface area contributed by atoms with E-state index in [1.165, 1.54) is 4.57 Å². The average molecular weight is 374 g/mol. The molecule has 7 heteroatoms. The van der Waals surface area contributed by atoms with Crippen LogP contribution in [-0.4, -0.2) is 17.0 Å². The largest absolute Gasteiger partial charge is 0.419 e. The number of hydrogen-bond donors (Lipinski definition) is 1. The number of oxazole rings is 1. The van der Waals surface area contributed by atoms with Crippen molar-refractivity contribution in [2.45, 2.75) is 25.8 Å². The minimum Gasteiger partial charge on any atom is -0.408 e. The maximum atomic E-state index is 12.8. The first-order chi connectivity index (χ1) is 12.1. The Hall–Kier alpha value is -2.73. The molecule has 26 heavy (non-hydrogen) atoms. The van der Waals surface area contributed by atoms with Gasteiger partial charge in [0, 0.05) is 30.9 Å². The highest BCUT2D eigenvalue weighted by Crippen LogP contribution is 2.31. The highest BCUT2D eigenvalue weighted by atomic mass is 35.5. The summed E-state index contributed by atoms with van der Waals surface area (Å²) in [6.07, 6.45) is 2.01. The Morgan fingerprint density at radius 1 is 1.15 bits per heavy atom. The average Bonchev–Trinajstić information content (AvgIpc) is 2.95. The van der Waals surface area contributed by atoms with Crippen molar-refractivity contribution in [1.82, 2.24) is 4.57 Å². The Labute approximate surface area is 156 Å². The molecule has 136 valence electrons. The molecule has 1 amide bonds. The predicted octanol–water partition coefficient (Wildman–Crippen LogP) is 2.97. The smallest absolute Gasteiger partial charge is 0.408 e. The van der Waals surface area contributed by atoms with Crippen LogP contribution in [0, 0.1) is 0 Å². The number of nitrogen functional groups attached to an aromatic ring is 1. The molecule has 0 fully saturated rings. The second-order valence-corrected chi connectivity index (χ2v) is 6.23. The van der Waals surface area contributed by atoms with Crippen LogP contribution < -0.4 is 16.4 Å². The molecule has 1 aliphatic heterocycles. The minimum atomic E-state index is -0.433. The van der Waals surface area contributed by atoms with Crippen LogP contribution in [-0.2, 0) is 17.8 Å². The fourth-order valence-electron chi connectivity index (χ4n) is 3.48. The molecule has 4 rings (SSSR count). The number of fused-ring (bicyclic) bond motifs is 2. The van der Waals surface area contributed by atoms with Gasteiger partial charge in [-0.2, -0.15) is 0 Å². The van der Waals surface area contributed by atoms with Gasteiger partial charge in [-0.3, -0.25) is 9.36 Å². The number of benzene rings is 2. The highest BCUT2D eigenvalue weighted by molar-refractivity contribution is 5.95. The summed E-state index contributed by atoms with van der Waals surface area (Å²) < 4.78 is 6.73. The monoisotopic (exact) mass is 373 g/mol. The Balaban J connectivity index is 0.00000196. The van der Waals surface area contributed by atoms with Crippen LogP contribution in [0.3, 0.4) is 0 Å². The lowest BCUT2D eigenvalue weighted by atomic mass is 9.99. The molecule has 0 aliphatic carbocycles. The predicted molar refractivity (Wildman–Crippen MR) is 104 cm³/mol. The van der Waals surface area contributed by atoms with Crippen molar-refractivity contribution >= 4 is 40.8 Å². The third-order valence-electron chi connectivity index (χ3n) is 4.71. The molecule has 0 spiro atoms. The summed E-state index contributed by atoms with van der Waals surface area (Å²) in [7, 11) is 0. The summed E-state index contributed by atoms with van der Waals surface area (Å²) in [5.74, 6) is -0.444. The molecule has 1 aromatic heterocycles. The van der Waals surface area contributed by atoms with Crippen molar-refractivity contribution in [2.24, 2.45) is 0 Å². The van der Waals surface area contributed by atoms with Crippen molar-refractivity contribution in [3.05, 3.63) is 58.6 Å². The number of halogens is 1. The number of hydrogen-bond acceptors (Lipinski definition) is 4. The van der Waals surface area contributed by atoms with Gasteiger partial charge >= 0.3 is 5.76 Å². The van der Waals surface area contributed by atoms with Gasteiger partial charge in [-0.1, -0.05) is 18.2 Å². The summed E-state index contributed by atoms with van der Waals surface area (Å²) >= 11 is 0. The third kappa shape index (κ3) is 3.08. The Kier molecular flexibility index (Phi) is 5.04. The summed E-state index contributed by atoms with van der Waals surface area (Å²) in [5, 5.41) is 0. The van der Waals surface area contributed by atoms with Gasteiger partial charge in [-0.05, 0) is 42.7 Å². The Bertz CT molecular complexity index is 1010. The number of aromatic nitrogens is 1. The number of carbonyl (C=O) groups is 1. The van der Waals surface area contributed by atoms with Crippen LogP contribution in [0.2, 0.25) is 0 Å². The molecule has 0 atom stereocenters. The van der Waals surface area contributed by atoms with Crippen LogP contribution in [0.15, 0.2) is 51.7 Å². The first-order valence-electron chi connectivity index (χ1n) is 8.41. The fraction of sp³-hybridized carbons (Fsp3) is 0.263. The van der Waals surface area contributed by atoms with Gasteiger partial charge in [0.2, 0.25) is 5.91 Å². The first-order valence-corrected chi connectivity index (χ1v) is 8.41. The zero-order valence-electron chi connectivity index (χ0n) is 14.2. The zero-order chi connectivity index (χ0) is 17.4. The van der Waals surface area contributed by atoms with Crippen molar-refractivity contribution in [3.63, 3.8) is 0 Å². The van der Waals surface area contributed by atoms with E-state index >= 15 is 0 Å².